The lowest BCUT2D eigenvalue weighted by Gasteiger charge is -2.25. The molecule has 0 bridgehead atoms. The second-order valence-corrected chi connectivity index (χ2v) is 9.40. The summed E-state index contributed by atoms with van der Waals surface area (Å²) in [4.78, 5) is 17.1. The van der Waals surface area contributed by atoms with E-state index >= 15 is 0 Å². The molecule has 1 amide bonds. The molecule has 9 heteroatoms. The van der Waals surface area contributed by atoms with E-state index in [2.05, 4.69) is 10.3 Å². The first kappa shape index (κ1) is 24.0. The number of hydrogen-bond donors (Lipinski definition) is 1. The molecule has 0 saturated heterocycles. The number of nitrogens with one attached hydrogen (secondary N) is 1. The van der Waals surface area contributed by atoms with Crippen molar-refractivity contribution in [3.8, 4) is 11.5 Å². The smallest absolute Gasteiger partial charge is 0.265 e. The molecule has 1 heterocycles. The molecule has 3 aromatic carbocycles. The van der Waals surface area contributed by atoms with Crippen LogP contribution in [-0.2, 0) is 14.8 Å². The molecule has 0 atom stereocenters. The van der Waals surface area contributed by atoms with E-state index in [1.807, 2.05) is 6.92 Å². The molecule has 35 heavy (non-hydrogen) atoms. The lowest BCUT2D eigenvalue weighted by Crippen LogP contribution is -2.38. The zero-order valence-electron chi connectivity index (χ0n) is 19.3. The normalized spacial score (nSPS) is 11.1. The number of nitrogens with zero attached hydrogens (tertiary/aromatic N) is 2. The molecule has 0 fully saturated rings. The van der Waals surface area contributed by atoms with Gasteiger partial charge in [0.15, 0.2) is 0 Å². The Labute approximate surface area is 204 Å². The van der Waals surface area contributed by atoms with E-state index in [0.717, 1.165) is 4.31 Å². The Morgan fingerprint density at radius 2 is 1.69 bits per heavy atom. The summed E-state index contributed by atoms with van der Waals surface area (Å²) in [6.45, 7) is 1.99. The molecular formula is C26H25N3O5S. The molecule has 0 saturated carbocycles. The van der Waals surface area contributed by atoms with E-state index in [1.54, 1.807) is 72.9 Å². The maximum absolute atomic E-state index is 13.9. The number of sulfonamides is 1. The molecule has 1 N–H and O–H groups in total. The number of anilines is 2. The monoisotopic (exact) mass is 491 g/mol. The third-order valence-corrected chi connectivity index (χ3v) is 7.14. The van der Waals surface area contributed by atoms with Crippen molar-refractivity contribution < 1.29 is 22.7 Å². The quantitative estimate of drug-likeness (QED) is 0.371. The first-order chi connectivity index (χ1) is 16.9. The molecule has 0 spiro atoms. The van der Waals surface area contributed by atoms with Crippen LogP contribution in [0.25, 0.3) is 10.8 Å². The summed E-state index contributed by atoms with van der Waals surface area (Å²) >= 11 is 0. The second-order valence-electron chi connectivity index (χ2n) is 7.57. The number of amides is 1. The van der Waals surface area contributed by atoms with Gasteiger partial charge in [0.1, 0.15) is 18.0 Å². The predicted molar refractivity (Wildman–Crippen MR) is 136 cm³/mol. The zero-order chi connectivity index (χ0) is 24.8. The zero-order valence-corrected chi connectivity index (χ0v) is 20.2. The molecule has 0 unspecified atom stereocenters. The summed E-state index contributed by atoms with van der Waals surface area (Å²) < 4.78 is 39.5. The van der Waals surface area contributed by atoms with E-state index in [1.165, 1.54) is 19.4 Å². The Morgan fingerprint density at radius 3 is 2.37 bits per heavy atom. The van der Waals surface area contributed by atoms with Crippen LogP contribution in [0.1, 0.15) is 6.92 Å². The van der Waals surface area contributed by atoms with Gasteiger partial charge in [-0.25, -0.2) is 8.42 Å². The fourth-order valence-electron chi connectivity index (χ4n) is 3.63. The Hall–Kier alpha value is -4.11. The van der Waals surface area contributed by atoms with Crippen LogP contribution in [0.4, 0.5) is 11.4 Å². The topological polar surface area (TPSA) is 97.8 Å². The number of benzene rings is 3. The lowest BCUT2D eigenvalue weighted by atomic mass is 10.2. The number of ether oxygens (including phenoxy) is 2. The average Bonchev–Trinajstić information content (AvgIpc) is 2.88. The number of fused-ring (bicyclic) bond motifs is 1. The predicted octanol–water partition coefficient (Wildman–Crippen LogP) is 4.48. The van der Waals surface area contributed by atoms with Crippen LogP contribution in [0, 0.1) is 0 Å². The minimum absolute atomic E-state index is 0.0853. The number of aromatic nitrogens is 1. The highest BCUT2D eigenvalue weighted by atomic mass is 32.2. The number of hydrogen-bond acceptors (Lipinski definition) is 6. The average molecular weight is 492 g/mol. The summed E-state index contributed by atoms with van der Waals surface area (Å²) in [6.07, 6.45) is 3.14. The van der Waals surface area contributed by atoms with Crippen molar-refractivity contribution in [2.45, 2.75) is 11.8 Å². The highest BCUT2D eigenvalue weighted by molar-refractivity contribution is 7.93. The summed E-state index contributed by atoms with van der Waals surface area (Å²) in [7, 11) is -2.59. The minimum atomic E-state index is -4.12. The maximum Gasteiger partial charge on any atom is 0.265 e. The number of carbonyl (C=O) groups excluding carboxylic acids is 1. The van der Waals surface area contributed by atoms with Crippen LogP contribution in [0.5, 0.6) is 11.5 Å². The standard InChI is InChI=1S/C26H25N3O5S/c1-3-34-23-11-7-20(8-12-23)28-26(30)18-29(21-9-13-22(33-2)14-10-21)35(31,32)25-6-4-5-19-17-27-16-15-24(19)25/h4-17H,3,18H2,1-2H3,(H,28,30). The van der Waals surface area contributed by atoms with Crippen molar-refractivity contribution in [3.63, 3.8) is 0 Å². The van der Waals surface area contributed by atoms with E-state index in [0.29, 0.717) is 40.3 Å². The van der Waals surface area contributed by atoms with E-state index < -0.39 is 22.5 Å². The van der Waals surface area contributed by atoms with E-state index in [4.69, 9.17) is 9.47 Å². The highest BCUT2D eigenvalue weighted by Crippen LogP contribution is 2.30. The number of carbonyl (C=O) groups is 1. The van der Waals surface area contributed by atoms with Crippen LogP contribution in [0.15, 0.2) is 90.1 Å². The van der Waals surface area contributed by atoms with Crippen molar-refractivity contribution in [2.75, 3.05) is 29.9 Å². The van der Waals surface area contributed by atoms with Crippen molar-refractivity contribution in [1.82, 2.24) is 4.98 Å². The Kier molecular flexibility index (Phi) is 7.17. The molecular weight excluding hydrogens is 466 g/mol. The maximum atomic E-state index is 13.9. The summed E-state index contributed by atoms with van der Waals surface area (Å²) in [5.41, 5.74) is 0.862. The van der Waals surface area contributed by atoms with Crippen LogP contribution in [0.2, 0.25) is 0 Å². The van der Waals surface area contributed by atoms with Crippen LogP contribution in [0.3, 0.4) is 0 Å². The van der Waals surface area contributed by atoms with E-state index in [-0.39, 0.29) is 4.90 Å². The Morgan fingerprint density at radius 1 is 0.971 bits per heavy atom. The van der Waals surface area contributed by atoms with Crippen LogP contribution in [-0.4, -0.2) is 39.6 Å². The summed E-state index contributed by atoms with van der Waals surface area (Å²) in [6, 6.07) is 20.0. The van der Waals surface area contributed by atoms with Gasteiger partial charge in [-0.15, -0.1) is 0 Å². The first-order valence-corrected chi connectivity index (χ1v) is 12.4. The number of methoxy groups -OCH3 is 1. The van der Waals surface area contributed by atoms with Gasteiger partial charge in [-0.1, -0.05) is 12.1 Å². The fraction of sp³-hybridized carbons (Fsp3) is 0.154. The molecule has 0 aliphatic carbocycles. The van der Waals surface area contributed by atoms with Gasteiger partial charge in [0.25, 0.3) is 10.0 Å². The minimum Gasteiger partial charge on any atom is -0.497 e. The molecule has 0 aliphatic rings. The Bertz CT molecular complexity index is 1420. The molecule has 4 aromatic rings. The Balaban J connectivity index is 1.68. The van der Waals surface area contributed by atoms with Crippen LogP contribution < -0.4 is 19.1 Å². The SMILES string of the molecule is CCOc1ccc(NC(=O)CN(c2ccc(OC)cc2)S(=O)(=O)c2cccc3cnccc23)cc1. The van der Waals surface area contributed by atoms with Crippen molar-refractivity contribution in [2.24, 2.45) is 0 Å². The van der Waals surface area contributed by atoms with Gasteiger partial charge in [0.2, 0.25) is 5.91 Å². The molecule has 8 nitrogen and oxygen atoms in total. The van der Waals surface area contributed by atoms with Gasteiger partial charge in [-0.05, 0) is 67.6 Å². The molecule has 0 aliphatic heterocycles. The lowest BCUT2D eigenvalue weighted by molar-refractivity contribution is -0.114. The van der Waals surface area contributed by atoms with Crippen LogP contribution >= 0.6 is 0 Å². The fourth-order valence-corrected chi connectivity index (χ4v) is 5.27. The van der Waals surface area contributed by atoms with Gasteiger partial charge in [0.05, 0.1) is 24.3 Å². The number of rotatable bonds is 9. The largest absolute Gasteiger partial charge is 0.497 e. The van der Waals surface area contributed by atoms with Gasteiger partial charge in [-0.3, -0.25) is 14.1 Å². The number of pyridine rings is 1. The van der Waals surface area contributed by atoms with Crippen molar-refractivity contribution in [3.05, 3.63) is 85.2 Å². The van der Waals surface area contributed by atoms with Crippen molar-refractivity contribution >= 4 is 38.1 Å². The van der Waals surface area contributed by atoms with Crippen molar-refractivity contribution in [1.29, 1.82) is 0 Å². The van der Waals surface area contributed by atoms with E-state index in [9.17, 15) is 13.2 Å². The van der Waals surface area contributed by atoms with Gasteiger partial charge in [-0.2, -0.15) is 0 Å². The molecule has 0 radical (unpaired) electrons. The van der Waals surface area contributed by atoms with Gasteiger partial charge in [0, 0.05) is 28.9 Å². The highest BCUT2D eigenvalue weighted by Gasteiger charge is 2.29. The summed E-state index contributed by atoms with van der Waals surface area (Å²) in [5, 5.41) is 3.96. The van der Waals surface area contributed by atoms with Gasteiger partial charge < -0.3 is 14.8 Å². The summed E-state index contributed by atoms with van der Waals surface area (Å²) in [5.74, 6) is 0.759. The molecule has 4 rings (SSSR count). The first-order valence-electron chi connectivity index (χ1n) is 10.9. The third-order valence-electron chi connectivity index (χ3n) is 5.31. The third kappa shape index (κ3) is 5.36. The van der Waals surface area contributed by atoms with Gasteiger partial charge >= 0.3 is 0 Å². The molecule has 1 aromatic heterocycles. The second kappa shape index (κ2) is 10.4. The molecule has 180 valence electrons.